The van der Waals surface area contributed by atoms with Crippen molar-refractivity contribution >= 4 is 23.3 Å². The standard InChI is InChI=1S/C13H14ClN3O/c14-11-1-3-12(4-2-11)17-13(18)16-8-6-10-5-7-15-9-10/h1-5,7,9,15H,6,8H2,(H2,16,17,18). The van der Waals surface area contributed by atoms with Gasteiger partial charge in [0.1, 0.15) is 0 Å². The Morgan fingerprint density at radius 2 is 2.00 bits per heavy atom. The molecule has 1 aromatic heterocycles. The van der Waals surface area contributed by atoms with Gasteiger partial charge in [0.25, 0.3) is 0 Å². The second-order valence-corrected chi connectivity index (χ2v) is 4.29. The van der Waals surface area contributed by atoms with E-state index in [0.29, 0.717) is 11.6 Å². The molecule has 3 N–H and O–H groups in total. The van der Waals surface area contributed by atoms with Crippen LogP contribution in [0.5, 0.6) is 0 Å². The lowest BCUT2D eigenvalue weighted by atomic mass is 10.2. The van der Waals surface area contributed by atoms with Crippen molar-refractivity contribution in [3.8, 4) is 0 Å². The SMILES string of the molecule is O=C(NCCc1cc[nH]c1)Nc1ccc(Cl)cc1. The molecule has 0 aliphatic heterocycles. The van der Waals surface area contributed by atoms with Crippen LogP contribution in [0.3, 0.4) is 0 Å². The maximum atomic E-state index is 11.6. The van der Waals surface area contributed by atoms with E-state index in [1.165, 1.54) is 5.56 Å². The van der Waals surface area contributed by atoms with Crippen LogP contribution >= 0.6 is 11.6 Å². The Morgan fingerprint density at radius 1 is 1.22 bits per heavy atom. The van der Waals surface area contributed by atoms with E-state index in [4.69, 9.17) is 11.6 Å². The topological polar surface area (TPSA) is 56.9 Å². The second kappa shape index (κ2) is 6.12. The highest BCUT2D eigenvalue weighted by Gasteiger charge is 2.01. The third-order valence-electron chi connectivity index (χ3n) is 2.46. The third-order valence-corrected chi connectivity index (χ3v) is 2.72. The highest BCUT2D eigenvalue weighted by atomic mass is 35.5. The minimum atomic E-state index is -0.215. The van der Waals surface area contributed by atoms with Gasteiger partial charge in [-0.1, -0.05) is 11.6 Å². The number of carbonyl (C=O) groups excluding carboxylic acids is 1. The molecule has 0 unspecified atom stereocenters. The summed E-state index contributed by atoms with van der Waals surface area (Å²) in [6, 6.07) is 8.75. The number of nitrogens with one attached hydrogen (secondary N) is 3. The summed E-state index contributed by atoms with van der Waals surface area (Å²) in [6.07, 6.45) is 4.58. The smallest absolute Gasteiger partial charge is 0.319 e. The van der Waals surface area contributed by atoms with Crippen molar-refractivity contribution < 1.29 is 4.79 Å². The summed E-state index contributed by atoms with van der Waals surface area (Å²) in [7, 11) is 0. The first-order chi connectivity index (χ1) is 8.74. The molecule has 1 heterocycles. The summed E-state index contributed by atoms with van der Waals surface area (Å²) in [5.41, 5.74) is 1.89. The summed E-state index contributed by atoms with van der Waals surface area (Å²) in [6.45, 7) is 0.595. The van der Waals surface area contributed by atoms with Gasteiger partial charge in [-0.25, -0.2) is 4.79 Å². The Bertz CT molecular complexity index is 493. The van der Waals surface area contributed by atoms with Crippen LogP contribution in [0.1, 0.15) is 5.56 Å². The maximum absolute atomic E-state index is 11.6. The number of aromatic nitrogens is 1. The van der Waals surface area contributed by atoms with E-state index in [9.17, 15) is 4.79 Å². The Morgan fingerprint density at radius 3 is 2.67 bits per heavy atom. The molecule has 2 rings (SSSR count). The van der Waals surface area contributed by atoms with Gasteiger partial charge >= 0.3 is 6.03 Å². The molecule has 94 valence electrons. The van der Waals surface area contributed by atoms with Crippen LogP contribution in [0.2, 0.25) is 5.02 Å². The summed E-state index contributed by atoms with van der Waals surface area (Å²) < 4.78 is 0. The van der Waals surface area contributed by atoms with E-state index in [1.807, 2.05) is 18.5 Å². The van der Waals surface area contributed by atoms with E-state index in [1.54, 1.807) is 24.3 Å². The van der Waals surface area contributed by atoms with Crippen LogP contribution in [0.25, 0.3) is 0 Å². The first-order valence-corrected chi connectivity index (χ1v) is 6.04. The van der Waals surface area contributed by atoms with Crippen molar-refractivity contribution in [3.63, 3.8) is 0 Å². The molecule has 18 heavy (non-hydrogen) atoms. The van der Waals surface area contributed by atoms with Gasteiger partial charge < -0.3 is 15.6 Å². The second-order valence-electron chi connectivity index (χ2n) is 3.86. The quantitative estimate of drug-likeness (QED) is 0.780. The van der Waals surface area contributed by atoms with Gasteiger partial charge in [-0.3, -0.25) is 0 Å². The molecule has 0 spiro atoms. The van der Waals surface area contributed by atoms with E-state index in [-0.39, 0.29) is 6.03 Å². The van der Waals surface area contributed by atoms with Crippen LogP contribution in [0, 0.1) is 0 Å². The van der Waals surface area contributed by atoms with Gasteiger partial charge in [-0.15, -0.1) is 0 Å². The predicted molar refractivity (Wildman–Crippen MR) is 73.0 cm³/mol. The first-order valence-electron chi connectivity index (χ1n) is 5.66. The molecule has 0 aliphatic rings. The lowest BCUT2D eigenvalue weighted by Crippen LogP contribution is -2.30. The molecule has 0 saturated heterocycles. The fourth-order valence-corrected chi connectivity index (χ4v) is 1.67. The van der Waals surface area contributed by atoms with Gasteiger partial charge in [0.15, 0.2) is 0 Å². The average molecular weight is 264 g/mol. The summed E-state index contributed by atoms with van der Waals surface area (Å²) >= 11 is 5.76. The van der Waals surface area contributed by atoms with E-state index in [2.05, 4.69) is 15.6 Å². The monoisotopic (exact) mass is 263 g/mol. The highest BCUT2D eigenvalue weighted by Crippen LogP contribution is 2.12. The van der Waals surface area contributed by atoms with Gasteiger partial charge in [0.2, 0.25) is 0 Å². The molecule has 4 nitrogen and oxygen atoms in total. The van der Waals surface area contributed by atoms with E-state index >= 15 is 0 Å². The Kier molecular flexibility index (Phi) is 4.25. The first kappa shape index (κ1) is 12.5. The minimum Gasteiger partial charge on any atom is -0.367 e. The number of rotatable bonds is 4. The molecule has 2 aromatic rings. The van der Waals surface area contributed by atoms with Gasteiger partial charge in [-0.05, 0) is 42.3 Å². The molecule has 0 fully saturated rings. The lowest BCUT2D eigenvalue weighted by molar-refractivity contribution is 0.252. The van der Waals surface area contributed by atoms with E-state index < -0.39 is 0 Å². The molecule has 0 aliphatic carbocycles. The van der Waals surface area contributed by atoms with Crippen molar-refractivity contribution in [3.05, 3.63) is 53.3 Å². The maximum Gasteiger partial charge on any atom is 0.319 e. The molecule has 0 radical (unpaired) electrons. The molecular formula is C13H14ClN3O. The average Bonchev–Trinajstić information content (AvgIpc) is 2.85. The zero-order chi connectivity index (χ0) is 12.8. The number of carbonyl (C=O) groups is 1. The summed E-state index contributed by atoms with van der Waals surface area (Å²) in [5, 5.41) is 6.17. The zero-order valence-electron chi connectivity index (χ0n) is 9.74. The Balaban J connectivity index is 1.73. The number of hydrogen-bond acceptors (Lipinski definition) is 1. The van der Waals surface area contributed by atoms with Crippen molar-refractivity contribution in [2.75, 3.05) is 11.9 Å². The van der Waals surface area contributed by atoms with Crippen molar-refractivity contribution in [2.24, 2.45) is 0 Å². The number of amides is 2. The van der Waals surface area contributed by atoms with Gasteiger partial charge in [0.05, 0.1) is 0 Å². The molecule has 1 aromatic carbocycles. The number of anilines is 1. The van der Waals surface area contributed by atoms with Crippen molar-refractivity contribution in [2.45, 2.75) is 6.42 Å². The molecule has 2 amide bonds. The van der Waals surface area contributed by atoms with Crippen LogP contribution in [0.4, 0.5) is 10.5 Å². The fourth-order valence-electron chi connectivity index (χ4n) is 1.54. The Labute approximate surface area is 110 Å². The number of H-pyrrole nitrogens is 1. The van der Waals surface area contributed by atoms with Crippen LogP contribution < -0.4 is 10.6 Å². The van der Waals surface area contributed by atoms with Crippen LogP contribution in [-0.2, 0) is 6.42 Å². The van der Waals surface area contributed by atoms with Crippen molar-refractivity contribution in [1.82, 2.24) is 10.3 Å². The fraction of sp³-hybridized carbons (Fsp3) is 0.154. The van der Waals surface area contributed by atoms with Crippen LogP contribution in [-0.4, -0.2) is 17.6 Å². The predicted octanol–water partition coefficient (Wildman–Crippen LogP) is 3.03. The minimum absolute atomic E-state index is 0.215. The third kappa shape index (κ3) is 3.82. The van der Waals surface area contributed by atoms with Crippen LogP contribution in [0.15, 0.2) is 42.7 Å². The number of halogens is 1. The summed E-state index contributed by atoms with van der Waals surface area (Å²) in [4.78, 5) is 14.5. The molecule has 0 atom stereocenters. The van der Waals surface area contributed by atoms with Gasteiger partial charge in [-0.2, -0.15) is 0 Å². The number of benzene rings is 1. The number of urea groups is 1. The Hall–Kier alpha value is -1.94. The highest BCUT2D eigenvalue weighted by molar-refractivity contribution is 6.30. The lowest BCUT2D eigenvalue weighted by Gasteiger charge is -2.07. The number of aromatic amines is 1. The normalized spacial score (nSPS) is 10.1. The number of hydrogen-bond donors (Lipinski definition) is 3. The molecular weight excluding hydrogens is 250 g/mol. The molecule has 0 bridgehead atoms. The molecule has 0 saturated carbocycles. The van der Waals surface area contributed by atoms with E-state index in [0.717, 1.165) is 12.1 Å². The van der Waals surface area contributed by atoms with Crippen molar-refractivity contribution in [1.29, 1.82) is 0 Å². The zero-order valence-corrected chi connectivity index (χ0v) is 10.5. The van der Waals surface area contributed by atoms with Gasteiger partial charge in [0, 0.05) is 29.6 Å². The molecule has 5 heteroatoms. The largest absolute Gasteiger partial charge is 0.367 e. The summed E-state index contributed by atoms with van der Waals surface area (Å²) in [5.74, 6) is 0.